The van der Waals surface area contributed by atoms with Gasteiger partial charge in [0.1, 0.15) is 0 Å². The van der Waals surface area contributed by atoms with Crippen LogP contribution in [0.4, 0.5) is 0 Å². The number of hydrogen-bond acceptors (Lipinski definition) is 3. The molecule has 0 bridgehead atoms. The third kappa shape index (κ3) is 6.41. The maximum absolute atomic E-state index is 5.99. The predicted molar refractivity (Wildman–Crippen MR) is 69.8 cm³/mol. The summed E-state index contributed by atoms with van der Waals surface area (Å²) in [6.45, 7) is 6.83. The number of ether oxygens (including phenoxy) is 2. The lowest BCUT2D eigenvalue weighted by molar-refractivity contribution is 0.0333. The third-order valence-electron chi connectivity index (χ3n) is 2.35. The maximum Gasteiger partial charge on any atom is 0.0701 e. The molecule has 17 heavy (non-hydrogen) atoms. The van der Waals surface area contributed by atoms with Gasteiger partial charge < -0.3 is 15.2 Å². The molecule has 0 aromatic heterocycles. The van der Waals surface area contributed by atoms with Gasteiger partial charge in [-0.15, -0.1) is 0 Å². The molecule has 1 unspecified atom stereocenters. The van der Waals surface area contributed by atoms with Crippen molar-refractivity contribution in [3.8, 4) is 0 Å². The average molecular weight is 237 g/mol. The minimum Gasteiger partial charge on any atom is -0.379 e. The second kappa shape index (κ2) is 8.23. The van der Waals surface area contributed by atoms with Crippen molar-refractivity contribution in [2.75, 3.05) is 26.4 Å². The summed E-state index contributed by atoms with van der Waals surface area (Å²) in [7, 11) is 0. The topological polar surface area (TPSA) is 44.5 Å². The molecule has 3 heteroatoms. The number of hydrogen-bond donors (Lipinski definition) is 1. The summed E-state index contributed by atoms with van der Waals surface area (Å²) in [5, 5.41) is 0. The minimum absolute atomic E-state index is 0.0544. The van der Waals surface area contributed by atoms with E-state index in [2.05, 4.69) is 13.8 Å². The van der Waals surface area contributed by atoms with Gasteiger partial charge in [0.15, 0.2) is 0 Å². The molecule has 0 aliphatic rings. The highest BCUT2D eigenvalue weighted by Gasteiger charge is 2.04. The molecule has 0 aliphatic carbocycles. The van der Waals surface area contributed by atoms with Gasteiger partial charge in [-0.3, -0.25) is 0 Å². The Morgan fingerprint density at radius 1 is 1.00 bits per heavy atom. The number of nitrogens with two attached hydrogens (primary N) is 1. The van der Waals surface area contributed by atoms with Gasteiger partial charge in [-0.05, 0) is 11.5 Å². The molecule has 0 amide bonds. The average Bonchev–Trinajstić information content (AvgIpc) is 2.34. The molecule has 96 valence electrons. The quantitative estimate of drug-likeness (QED) is 0.706. The van der Waals surface area contributed by atoms with Crippen molar-refractivity contribution in [3.05, 3.63) is 35.9 Å². The van der Waals surface area contributed by atoms with Crippen LogP contribution in [0.3, 0.4) is 0 Å². The monoisotopic (exact) mass is 237 g/mol. The summed E-state index contributed by atoms with van der Waals surface area (Å²) in [5.41, 5.74) is 7.10. The van der Waals surface area contributed by atoms with E-state index < -0.39 is 0 Å². The van der Waals surface area contributed by atoms with Crippen LogP contribution in [0.15, 0.2) is 30.3 Å². The predicted octanol–water partition coefficient (Wildman–Crippen LogP) is 2.38. The van der Waals surface area contributed by atoms with Crippen molar-refractivity contribution in [1.82, 2.24) is 0 Å². The molecule has 0 spiro atoms. The standard InChI is InChI=1S/C14H23NO2/c1-12(2)10-16-8-9-17-11-14(15)13-6-4-3-5-7-13/h3-7,12,14H,8-11,15H2,1-2H3. The van der Waals surface area contributed by atoms with Gasteiger partial charge in [-0.2, -0.15) is 0 Å². The summed E-state index contributed by atoms with van der Waals surface area (Å²) in [5.74, 6) is 0.571. The van der Waals surface area contributed by atoms with E-state index in [9.17, 15) is 0 Å². The Morgan fingerprint density at radius 2 is 1.59 bits per heavy atom. The van der Waals surface area contributed by atoms with Crippen molar-refractivity contribution in [2.24, 2.45) is 11.7 Å². The van der Waals surface area contributed by atoms with Crippen molar-refractivity contribution < 1.29 is 9.47 Å². The summed E-state index contributed by atoms with van der Waals surface area (Å²) in [6, 6.07) is 9.94. The molecule has 1 atom stereocenters. The van der Waals surface area contributed by atoms with E-state index in [1.54, 1.807) is 0 Å². The highest BCUT2D eigenvalue weighted by Crippen LogP contribution is 2.09. The van der Waals surface area contributed by atoms with Gasteiger partial charge in [-0.1, -0.05) is 44.2 Å². The van der Waals surface area contributed by atoms with Crippen LogP contribution in [0, 0.1) is 5.92 Å². The van der Waals surface area contributed by atoms with E-state index in [1.807, 2.05) is 30.3 Å². The van der Waals surface area contributed by atoms with Gasteiger partial charge in [0.2, 0.25) is 0 Å². The van der Waals surface area contributed by atoms with Gasteiger partial charge in [0, 0.05) is 6.61 Å². The van der Waals surface area contributed by atoms with Crippen LogP contribution in [-0.2, 0) is 9.47 Å². The van der Waals surface area contributed by atoms with Crippen molar-refractivity contribution >= 4 is 0 Å². The van der Waals surface area contributed by atoms with Gasteiger partial charge in [0.25, 0.3) is 0 Å². The molecule has 0 radical (unpaired) electrons. The van der Waals surface area contributed by atoms with Crippen LogP contribution >= 0.6 is 0 Å². The van der Waals surface area contributed by atoms with E-state index in [0.29, 0.717) is 25.7 Å². The second-order valence-electron chi connectivity index (χ2n) is 4.56. The molecule has 0 fully saturated rings. The van der Waals surface area contributed by atoms with E-state index >= 15 is 0 Å². The Bertz CT molecular complexity index is 288. The molecule has 3 nitrogen and oxygen atoms in total. The van der Waals surface area contributed by atoms with Crippen LogP contribution in [0.5, 0.6) is 0 Å². The molecule has 0 aliphatic heterocycles. The van der Waals surface area contributed by atoms with Crippen LogP contribution in [0.1, 0.15) is 25.5 Å². The lowest BCUT2D eigenvalue weighted by Gasteiger charge is -2.13. The lowest BCUT2D eigenvalue weighted by Crippen LogP contribution is -2.19. The van der Waals surface area contributed by atoms with E-state index in [0.717, 1.165) is 12.2 Å². The molecule has 1 aromatic carbocycles. The lowest BCUT2D eigenvalue weighted by atomic mass is 10.1. The first-order chi connectivity index (χ1) is 8.20. The second-order valence-corrected chi connectivity index (χ2v) is 4.56. The van der Waals surface area contributed by atoms with E-state index in [-0.39, 0.29) is 6.04 Å². The van der Waals surface area contributed by atoms with Crippen molar-refractivity contribution in [3.63, 3.8) is 0 Å². The Kier molecular flexibility index (Phi) is 6.86. The Morgan fingerprint density at radius 3 is 2.18 bits per heavy atom. The molecular formula is C14H23NO2. The largest absolute Gasteiger partial charge is 0.379 e. The van der Waals surface area contributed by atoms with Crippen LogP contribution in [0.2, 0.25) is 0 Å². The fourth-order valence-electron chi connectivity index (χ4n) is 1.44. The first-order valence-corrected chi connectivity index (χ1v) is 6.16. The third-order valence-corrected chi connectivity index (χ3v) is 2.35. The van der Waals surface area contributed by atoms with Gasteiger partial charge in [0.05, 0.1) is 25.9 Å². The molecule has 0 saturated carbocycles. The Hall–Kier alpha value is -0.900. The summed E-state index contributed by atoms with van der Waals surface area (Å²) in [4.78, 5) is 0. The van der Waals surface area contributed by atoms with Gasteiger partial charge >= 0.3 is 0 Å². The van der Waals surface area contributed by atoms with Gasteiger partial charge in [-0.25, -0.2) is 0 Å². The zero-order chi connectivity index (χ0) is 12.5. The normalized spacial score (nSPS) is 12.9. The zero-order valence-corrected chi connectivity index (χ0v) is 10.8. The Labute approximate surface area is 104 Å². The fourth-order valence-corrected chi connectivity index (χ4v) is 1.44. The van der Waals surface area contributed by atoms with Crippen molar-refractivity contribution in [2.45, 2.75) is 19.9 Å². The first kappa shape index (κ1) is 14.2. The summed E-state index contributed by atoms with van der Waals surface area (Å²) < 4.78 is 10.9. The molecule has 0 heterocycles. The molecule has 1 aromatic rings. The SMILES string of the molecule is CC(C)COCCOCC(N)c1ccccc1. The highest BCUT2D eigenvalue weighted by molar-refractivity contribution is 5.18. The Balaban J connectivity index is 2.07. The number of rotatable bonds is 8. The van der Waals surface area contributed by atoms with Crippen molar-refractivity contribution in [1.29, 1.82) is 0 Å². The van der Waals surface area contributed by atoms with Crippen LogP contribution in [-0.4, -0.2) is 26.4 Å². The molecular weight excluding hydrogens is 214 g/mol. The van der Waals surface area contributed by atoms with E-state index in [4.69, 9.17) is 15.2 Å². The fraction of sp³-hybridized carbons (Fsp3) is 0.571. The molecule has 2 N–H and O–H groups in total. The summed E-state index contributed by atoms with van der Waals surface area (Å²) in [6.07, 6.45) is 0. The van der Waals surface area contributed by atoms with Crippen LogP contribution < -0.4 is 5.73 Å². The highest BCUT2D eigenvalue weighted by atomic mass is 16.5. The maximum atomic E-state index is 5.99. The molecule has 1 rings (SSSR count). The number of benzene rings is 1. The molecule has 0 saturated heterocycles. The van der Waals surface area contributed by atoms with E-state index in [1.165, 1.54) is 0 Å². The van der Waals surface area contributed by atoms with Crippen LogP contribution in [0.25, 0.3) is 0 Å². The first-order valence-electron chi connectivity index (χ1n) is 6.16. The zero-order valence-electron chi connectivity index (χ0n) is 10.8. The smallest absolute Gasteiger partial charge is 0.0701 e. The summed E-state index contributed by atoms with van der Waals surface area (Å²) >= 11 is 0. The minimum atomic E-state index is -0.0544.